The lowest BCUT2D eigenvalue weighted by atomic mass is 9.62. The van der Waals surface area contributed by atoms with Crippen LogP contribution in [0.2, 0.25) is 0 Å². The van der Waals surface area contributed by atoms with Gasteiger partial charge < -0.3 is 54.6 Å². The number of pyridine rings is 1. The summed E-state index contributed by atoms with van der Waals surface area (Å²) in [6.45, 7) is 11.2. The molecule has 22 nitrogen and oxygen atoms in total. The molecule has 23 heteroatoms. The fourth-order valence-electron chi connectivity index (χ4n) is 15.4. The molecular formula is C64H74FN13O9. The Morgan fingerprint density at radius 1 is 0.954 bits per heavy atom. The van der Waals surface area contributed by atoms with Crippen LogP contribution in [-0.2, 0) is 37.6 Å². The Labute approximate surface area is 500 Å². The van der Waals surface area contributed by atoms with E-state index in [1.54, 1.807) is 19.3 Å². The molecule has 0 radical (unpaired) electrons. The average molecular weight is 1190 g/mol. The molecule has 16 rings (SSSR count). The van der Waals surface area contributed by atoms with Gasteiger partial charge in [-0.2, -0.15) is 25.3 Å². The van der Waals surface area contributed by atoms with Crippen LogP contribution in [0, 0.1) is 18.7 Å². The Kier molecular flexibility index (Phi) is 13.9. The van der Waals surface area contributed by atoms with Crippen molar-refractivity contribution in [2.75, 3.05) is 51.0 Å². The molecule has 11 heterocycles. The third kappa shape index (κ3) is 9.52. The van der Waals surface area contributed by atoms with Crippen LogP contribution in [0.1, 0.15) is 119 Å². The van der Waals surface area contributed by atoms with Gasteiger partial charge in [-0.15, -0.1) is 0 Å². The highest BCUT2D eigenvalue weighted by atomic mass is 19.1. The lowest BCUT2D eigenvalue weighted by Crippen LogP contribution is -2.65. The quantitative estimate of drug-likeness (QED) is 0.0568. The van der Waals surface area contributed by atoms with Gasteiger partial charge in [0, 0.05) is 119 Å². The number of ether oxygens (including phenoxy) is 4. The number of benzene rings is 3. The van der Waals surface area contributed by atoms with Crippen molar-refractivity contribution >= 4 is 61.2 Å². The minimum absolute atomic E-state index is 0.0102. The molecule has 87 heavy (non-hydrogen) atoms. The standard InChI is InChI=1S/C64H74FN13O9/c1-5-77-51(10-17-68-77)63-13-15-64(16-14-63,86-32-63)50(30-79)70-59(81)49-22-39(80)28-76(49)61(83)56(33(2)3)78-29-45-41-9-6-35(20-47(41)69-60(82)55(45)74-78)31-85-57-53(52-34(4)46(65)24-48-44(52)26-67-73-48)42(36-7-8-36)23-43-54(57)71-62(87-40-11-18-84-19-12-40)72-58(43)75-27-37-21-38(75)25-66-37/h6,9-10,17,20,23-24,26,29,33,36-40,49-50,56,66,79-80H,5,7-8,11-16,18-19,21-22,25,27-28,30-32H2,1-4H3,(H,67,73)(H,69,82)(H,70,81)/t37-,38-,39+,49-,50?,56-,63?,64?/m0/s1. The predicted molar refractivity (Wildman–Crippen MR) is 321 cm³/mol. The summed E-state index contributed by atoms with van der Waals surface area (Å²) in [5.41, 5.74) is 5.07. The number of nitrogens with zero attached hydrogens (tertiary/aromatic N) is 9. The first-order valence-corrected chi connectivity index (χ1v) is 31.2. The number of carbonyl (C=O) groups is 2. The second-order valence-corrected chi connectivity index (χ2v) is 25.9. The summed E-state index contributed by atoms with van der Waals surface area (Å²) in [6, 6.07) is 9.53. The number of likely N-dealkylation sites (tertiary alicyclic amines) is 1. The molecule has 2 aliphatic carbocycles. The molecule has 0 spiro atoms. The zero-order valence-corrected chi connectivity index (χ0v) is 49.5. The number of nitrogens with one attached hydrogen (secondary N) is 4. The van der Waals surface area contributed by atoms with E-state index in [0.717, 1.165) is 90.7 Å². The highest BCUT2D eigenvalue weighted by Crippen LogP contribution is 2.55. The number of rotatable bonds is 17. The van der Waals surface area contributed by atoms with Crippen molar-refractivity contribution < 1.29 is 43.1 Å². The highest BCUT2D eigenvalue weighted by molar-refractivity contribution is 6.07. The third-order valence-corrected chi connectivity index (χ3v) is 20.3. The van der Waals surface area contributed by atoms with Gasteiger partial charge in [0.25, 0.3) is 5.56 Å². The molecular weight excluding hydrogens is 1110 g/mol. The summed E-state index contributed by atoms with van der Waals surface area (Å²) >= 11 is 0. The van der Waals surface area contributed by atoms with E-state index in [-0.39, 0.29) is 72.9 Å². The third-order valence-electron chi connectivity index (χ3n) is 20.3. The number of H-pyrrole nitrogens is 2. The Morgan fingerprint density at radius 3 is 2.51 bits per heavy atom. The van der Waals surface area contributed by atoms with Gasteiger partial charge in [0.15, 0.2) is 11.3 Å². The summed E-state index contributed by atoms with van der Waals surface area (Å²) in [5, 5.41) is 48.1. The number of aromatic nitrogens is 9. The van der Waals surface area contributed by atoms with Gasteiger partial charge in [-0.1, -0.05) is 26.0 Å². The van der Waals surface area contributed by atoms with E-state index >= 15 is 9.18 Å². The molecule has 456 valence electrons. The first-order chi connectivity index (χ1) is 42.2. The van der Waals surface area contributed by atoms with E-state index < -0.39 is 47.2 Å². The number of aliphatic hydroxyl groups is 2. The Bertz CT molecular complexity index is 4070. The summed E-state index contributed by atoms with van der Waals surface area (Å²) in [4.78, 5) is 61.0. The normalized spacial score (nSPS) is 25.5. The summed E-state index contributed by atoms with van der Waals surface area (Å²) in [6.07, 6.45) is 11.3. The maximum atomic E-state index is 16.3. The van der Waals surface area contributed by atoms with Crippen molar-refractivity contribution in [3.05, 3.63) is 93.5 Å². The molecule has 6 N–H and O–H groups in total. The van der Waals surface area contributed by atoms with Gasteiger partial charge in [-0.05, 0) is 112 Å². The van der Waals surface area contributed by atoms with E-state index in [9.17, 15) is 19.8 Å². The number of aromatic amines is 2. The number of piperazine rings is 1. The minimum Gasteiger partial charge on any atom is -0.486 e. The van der Waals surface area contributed by atoms with Crippen LogP contribution in [-0.4, -0.2) is 160 Å². The topological polar surface area (TPSA) is 265 Å². The van der Waals surface area contributed by atoms with Crippen LogP contribution < -0.4 is 30.6 Å². The number of hydrogen-bond acceptors (Lipinski definition) is 16. The monoisotopic (exact) mass is 1190 g/mol. The second kappa shape index (κ2) is 21.6. The van der Waals surface area contributed by atoms with E-state index in [4.69, 9.17) is 34.0 Å². The lowest BCUT2D eigenvalue weighted by Gasteiger charge is -2.55. The molecule has 8 aromatic rings. The van der Waals surface area contributed by atoms with Gasteiger partial charge in [-0.25, -0.2) is 4.39 Å². The summed E-state index contributed by atoms with van der Waals surface area (Å²) in [7, 11) is 0. The molecule has 1 unspecified atom stereocenters. The van der Waals surface area contributed by atoms with Crippen molar-refractivity contribution in [2.24, 2.45) is 5.92 Å². The van der Waals surface area contributed by atoms with Crippen LogP contribution in [0.25, 0.3) is 54.7 Å². The van der Waals surface area contributed by atoms with Gasteiger partial charge in [0.05, 0.1) is 55.9 Å². The molecule has 6 atom stereocenters. The number of anilines is 1. The number of aliphatic hydroxyl groups excluding tert-OH is 2. The fourth-order valence-corrected chi connectivity index (χ4v) is 15.4. The van der Waals surface area contributed by atoms with Crippen molar-refractivity contribution in [3.8, 4) is 22.9 Å². The summed E-state index contributed by atoms with van der Waals surface area (Å²) < 4.78 is 46.0. The Morgan fingerprint density at radius 2 is 1.78 bits per heavy atom. The van der Waals surface area contributed by atoms with E-state index in [1.807, 2.05) is 42.9 Å². The molecule has 6 aliphatic heterocycles. The minimum atomic E-state index is -1.03. The predicted octanol–water partition coefficient (Wildman–Crippen LogP) is 6.51. The van der Waals surface area contributed by atoms with E-state index in [1.165, 1.54) is 15.6 Å². The smallest absolute Gasteiger partial charge is 0.319 e. The van der Waals surface area contributed by atoms with Crippen LogP contribution in [0.5, 0.6) is 11.8 Å². The molecule has 3 aromatic carbocycles. The van der Waals surface area contributed by atoms with Crippen molar-refractivity contribution in [2.45, 2.75) is 164 Å². The molecule has 5 aromatic heterocycles. The number of fused-ring (bicyclic) bond motifs is 10. The average Bonchev–Trinajstić information content (AvgIpc) is 1.90. The number of β-amino-alcohol motifs (C(OH)–C–C–N with tert-alkyl or cyclic N) is 1. The largest absolute Gasteiger partial charge is 0.486 e. The van der Waals surface area contributed by atoms with Crippen LogP contribution in [0.15, 0.2) is 59.8 Å². The molecule has 2 amide bonds. The van der Waals surface area contributed by atoms with Gasteiger partial charge in [-0.3, -0.25) is 28.8 Å². The number of carbonyl (C=O) groups excluding carboxylic acids is 2. The zero-order valence-electron chi connectivity index (χ0n) is 49.5. The number of hydrogen-bond donors (Lipinski definition) is 6. The highest BCUT2D eigenvalue weighted by Gasteiger charge is 2.56. The Balaban J connectivity index is 0.746. The number of halogens is 1. The molecule has 6 saturated heterocycles. The Hall–Kier alpha value is -7.57. The number of aryl methyl sites for hydroxylation is 1. The lowest BCUT2D eigenvalue weighted by molar-refractivity contribution is -0.182. The van der Waals surface area contributed by atoms with Crippen molar-refractivity contribution in [1.82, 2.24) is 60.2 Å². The van der Waals surface area contributed by atoms with E-state index in [2.05, 4.69) is 54.9 Å². The van der Waals surface area contributed by atoms with Gasteiger partial charge in [0.1, 0.15) is 41.9 Å². The first kappa shape index (κ1) is 56.0. The van der Waals surface area contributed by atoms with Crippen LogP contribution in [0.4, 0.5) is 10.2 Å². The fraction of sp³-hybridized carbons (Fsp3) is 0.531. The molecule has 2 saturated carbocycles. The summed E-state index contributed by atoms with van der Waals surface area (Å²) in [5.74, 6) is -0.213. The van der Waals surface area contributed by atoms with Crippen LogP contribution >= 0.6 is 0 Å². The molecule has 4 bridgehead atoms. The SMILES string of the molecule is CCn1nccc1C12CCC(C(CO)NC(=O)[C@@H]3C[C@@H](O)CN3C(=O)[C@H](C(C)C)n3cc4c(n3)c(=O)[nH]c3cc(COc5c(-c6c(C)c(F)cc7[nH]ncc67)c(C6CC6)cc6c(N7C[C@@H]8C[C@H]7CN8)nc(OC7CCOCC7)nc56)ccc34)(CC1)OC2. The van der Waals surface area contributed by atoms with Crippen molar-refractivity contribution in [3.63, 3.8) is 0 Å². The first-order valence-electron chi connectivity index (χ1n) is 31.2. The van der Waals surface area contributed by atoms with Crippen LogP contribution in [0.3, 0.4) is 0 Å². The molecule has 8 aliphatic rings. The number of amides is 2. The maximum absolute atomic E-state index is 16.3. The van der Waals surface area contributed by atoms with Crippen molar-refractivity contribution in [1.29, 1.82) is 0 Å². The zero-order chi connectivity index (χ0) is 59.6. The molecule has 8 fully saturated rings. The van der Waals surface area contributed by atoms with Gasteiger partial charge in [0.2, 0.25) is 11.8 Å². The van der Waals surface area contributed by atoms with E-state index in [0.29, 0.717) is 95.7 Å². The second-order valence-electron chi connectivity index (χ2n) is 25.9. The maximum Gasteiger partial charge on any atom is 0.319 e. The van der Waals surface area contributed by atoms with Gasteiger partial charge >= 0.3 is 6.01 Å².